The second kappa shape index (κ2) is 7.07. The van der Waals surface area contributed by atoms with E-state index in [9.17, 15) is 4.79 Å². The molecule has 1 aromatic heterocycles. The molecule has 0 amide bonds. The number of allylic oxidation sites excluding steroid dienone is 1. The van der Waals surface area contributed by atoms with Crippen LogP contribution in [0.1, 0.15) is 32.4 Å². The minimum Gasteiger partial charge on any atom is -0.493 e. The van der Waals surface area contributed by atoms with Crippen LogP contribution in [-0.2, 0) is 9.53 Å². The summed E-state index contributed by atoms with van der Waals surface area (Å²) in [6, 6.07) is 5.02. The highest BCUT2D eigenvalue weighted by Gasteiger charge is 2.35. The van der Waals surface area contributed by atoms with Crippen LogP contribution in [0.5, 0.6) is 11.5 Å². The van der Waals surface area contributed by atoms with Crippen molar-refractivity contribution in [1.29, 1.82) is 0 Å². The molecule has 138 valence electrons. The highest BCUT2D eigenvalue weighted by atomic mass is 16.5. The Hall–Kier alpha value is -3.03. The zero-order chi connectivity index (χ0) is 18.8. The summed E-state index contributed by atoms with van der Waals surface area (Å²) in [6.07, 6.45) is 1.21. The Morgan fingerprint density at radius 2 is 1.96 bits per heavy atom. The lowest BCUT2D eigenvalue weighted by Gasteiger charge is -2.29. The zero-order valence-electron chi connectivity index (χ0n) is 15.4. The molecular weight excluding hydrogens is 336 g/mol. The minimum atomic E-state index is -0.486. The third-order valence-corrected chi connectivity index (χ3v) is 4.08. The van der Waals surface area contributed by atoms with Crippen LogP contribution in [0.3, 0.4) is 0 Å². The third-order valence-electron chi connectivity index (χ3n) is 4.08. The largest absolute Gasteiger partial charge is 0.493 e. The maximum atomic E-state index is 12.8. The number of nitrogens with zero attached hydrogens (tertiary/aromatic N) is 3. The van der Waals surface area contributed by atoms with Crippen LogP contribution in [0, 0.1) is 0 Å². The molecule has 3 rings (SSSR count). The van der Waals surface area contributed by atoms with Crippen LogP contribution in [0.4, 0.5) is 5.95 Å². The fourth-order valence-electron chi connectivity index (χ4n) is 2.96. The van der Waals surface area contributed by atoms with Gasteiger partial charge in [-0.15, -0.1) is 0 Å². The van der Waals surface area contributed by atoms with Gasteiger partial charge in [0.25, 0.3) is 0 Å². The van der Waals surface area contributed by atoms with Crippen LogP contribution in [-0.4, -0.2) is 41.1 Å². The molecule has 0 saturated heterocycles. The Morgan fingerprint density at radius 1 is 1.23 bits per heavy atom. The number of carbonyl (C=O) groups is 1. The predicted molar refractivity (Wildman–Crippen MR) is 95.3 cm³/mol. The fourth-order valence-corrected chi connectivity index (χ4v) is 2.96. The molecule has 0 bridgehead atoms. The van der Waals surface area contributed by atoms with Crippen molar-refractivity contribution in [2.45, 2.75) is 32.9 Å². The molecule has 0 saturated carbocycles. The van der Waals surface area contributed by atoms with Crippen molar-refractivity contribution < 1.29 is 19.0 Å². The fraction of sp³-hybridized carbons (Fsp3) is 0.389. The quantitative estimate of drug-likeness (QED) is 0.822. The van der Waals surface area contributed by atoms with Crippen LogP contribution in [0.25, 0.3) is 0 Å². The van der Waals surface area contributed by atoms with Crippen LogP contribution < -0.4 is 14.8 Å². The van der Waals surface area contributed by atoms with Crippen LogP contribution in [0.15, 0.2) is 35.8 Å². The number of ether oxygens (including phenoxy) is 3. The van der Waals surface area contributed by atoms with E-state index in [-0.39, 0.29) is 6.10 Å². The number of hydrogen-bond acceptors (Lipinski definition) is 7. The first-order valence-electron chi connectivity index (χ1n) is 8.26. The van der Waals surface area contributed by atoms with Gasteiger partial charge in [0.05, 0.1) is 25.9 Å². The summed E-state index contributed by atoms with van der Waals surface area (Å²) in [5, 5.41) is 7.40. The highest BCUT2D eigenvalue weighted by Crippen LogP contribution is 2.38. The normalized spacial score (nSPS) is 16.2. The second-order valence-electron chi connectivity index (χ2n) is 6.16. The first-order valence-corrected chi connectivity index (χ1v) is 8.26. The number of aromatic nitrogens is 3. The lowest BCUT2D eigenvalue weighted by molar-refractivity contribution is -0.143. The Bertz CT molecular complexity index is 857. The first kappa shape index (κ1) is 17.8. The number of rotatable bonds is 5. The van der Waals surface area contributed by atoms with Crippen molar-refractivity contribution in [2.75, 3.05) is 19.5 Å². The van der Waals surface area contributed by atoms with E-state index in [0.717, 1.165) is 5.56 Å². The van der Waals surface area contributed by atoms with Gasteiger partial charge in [-0.1, -0.05) is 6.07 Å². The molecule has 1 N–H and O–H groups in total. The Labute approximate surface area is 151 Å². The van der Waals surface area contributed by atoms with E-state index in [1.807, 2.05) is 32.9 Å². The van der Waals surface area contributed by atoms with Gasteiger partial charge < -0.3 is 19.5 Å². The summed E-state index contributed by atoms with van der Waals surface area (Å²) < 4.78 is 17.8. The summed E-state index contributed by atoms with van der Waals surface area (Å²) in [4.78, 5) is 17.0. The molecule has 1 aliphatic heterocycles. The molecular formula is C18H22N4O4. The van der Waals surface area contributed by atoms with Gasteiger partial charge in [-0.25, -0.2) is 9.48 Å². The molecule has 0 unspecified atom stereocenters. The Morgan fingerprint density at radius 3 is 2.62 bits per heavy atom. The van der Waals surface area contributed by atoms with Gasteiger partial charge in [-0.2, -0.15) is 10.1 Å². The van der Waals surface area contributed by atoms with Gasteiger partial charge in [-0.05, 0) is 38.5 Å². The lowest BCUT2D eigenvalue weighted by atomic mass is 9.95. The van der Waals surface area contributed by atoms with Crippen LogP contribution >= 0.6 is 0 Å². The number of esters is 1. The SMILES string of the molecule is COc1ccc([C@H]2C(C(=O)OC(C)C)=C(C)Nc3ncnn32)cc1OC. The summed E-state index contributed by atoms with van der Waals surface area (Å²) in [6.45, 7) is 5.45. The average molecular weight is 358 g/mol. The molecule has 0 aliphatic carbocycles. The molecule has 8 heteroatoms. The second-order valence-corrected chi connectivity index (χ2v) is 6.16. The summed E-state index contributed by atoms with van der Waals surface area (Å²) in [7, 11) is 3.15. The third kappa shape index (κ3) is 3.10. The van der Waals surface area contributed by atoms with Crippen molar-refractivity contribution in [3.05, 3.63) is 41.4 Å². The number of fused-ring (bicyclic) bond motifs is 1. The van der Waals surface area contributed by atoms with Gasteiger partial charge in [-0.3, -0.25) is 0 Å². The van der Waals surface area contributed by atoms with Crippen molar-refractivity contribution in [1.82, 2.24) is 14.8 Å². The molecule has 0 spiro atoms. The van der Waals surface area contributed by atoms with Gasteiger partial charge in [0.2, 0.25) is 5.95 Å². The maximum Gasteiger partial charge on any atom is 0.338 e. The van der Waals surface area contributed by atoms with E-state index in [1.54, 1.807) is 25.0 Å². The monoisotopic (exact) mass is 358 g/mol. The molecule has 0 radical (unpaired) electrons. The molecule has 1 aromatic carbocycles. The Balaban J connectivity index is 2.13. The molecule has 8 nitrogen and oxygen atoms in total. The number of methoxy groups -OCH3 is 2. The number of hydrogen-bond donors (Lipinski definition) is 1. The Kier molecular flexibility index (Phi) is 4.83. The summed E-state index contributed by atoms with van der Waals surface area (Å²) in [5.74, 6) is 1.34. The summed E-state index contributed by atoms with van der Waals surface area (Å²) in [5.41, 5.74) is 1.96. The van der Waals surface area contributed by atoms with Crippen LogP contribution in [0.2, 0.25) is 0 Å². The molecule has 0 fully saturated rings. The molecule has 1 atom stereocenters. The van der Waals surface area contributed by atoms with E-state index in [2.05, 4.69) is 15.4 Å². The minimum absolute atomic E-state index is 0.231. The number of benzene rings is 1. The van der Waals surface area contributed by atoms with E-state index >= 15 is 0 Å². The smallest absolute Gasteiger partial charge is 0.338 e. The van der Waals surface area contributed by atoms with Gasteiger partial charge in [0.15, 0.2) is 11.5 Å². The van der Waals surface area contributed by atoms with Gasteiger partial charge in [0.1, 0.15) is 12.4 Å². The number of carbonyl (C=O) groups excluding carboxylic acids is 1. The van der Waals surface area contributed by atoms with Gasteiger partial charge in [0, 0.05) is 5.70 Å². The van der Waals surface area contributed by atoms with Crippen molar-refractivity contribution in [3.63, 3.8) is 0 Å². The highest BCUT2D eigenvalue weighted by molar-refractivity contribution is 5.92. The molecule has 2 aromatic rings. The number of anilines is 1. The van der Waals surface area contributed by atoms with E-state index < -0.39 is 12.0 Å². The van der Waals surface area contributed by atoms with Crippen molar-refractivity contribution >= 4 is 11.9 Å². The molecule has 1 aliphatic rings. The lowest BCUT2D eigenvalue weighted by Crippen LogP contribution is -2.30. The number of nitrogens with one attached hydrogen (secondary N) is 1. The van der Waals surface area contributed by atoms with E-state index in [4.69, 9.17) is 14.2 Å². The first-order chi connectivity index (χ1) is 12.5. The van der Waals surface area contributed by atoms with Gasteiger partial charge >= 0.3 is 5.97 Å². The molecule has 26 heavy (non-hydrogen) atoms. The van der Waals surface area contributed by atoms with Crippen molar-refractivity contribution in [3.8, 4) is 11.5 Å². The van der Waals surface area contributed by atoms with E-state index in [0.29, 0.717) is 28.7 Å². The zero-order valence-corrected chi connectivity index (χ0v) is 15.4. The topological polar surface area (TPSA) is 87.5 Å². The van der Waals surface area contributed by atoms with Crippen molar-refractivity contribution in [2.24, 2.45) is 0 Å². The maximum absolute atomic E-state index is 12.8. The standard InChI is InChI=1S/C18H22N4O4/c1-10(2)26-17(23)15-11(3)21-18-19-9-20-22(18)16(15)12-6-7-13(24-4)14(8-12)25-5/h6-10,16H,1-5H3,(H,19,20,21)/t16-/m0/s1. The average Bonchev–Trinajstić information content (AvgIpc) is 3.07. The molecule has 2 heterocycles. The predicted octanol–water partition coefficient (Wildman–Crippen LogP) is 2.54. The summed E-state index contributed by atoms with van der Waals surface area (Å²) >= 11 is 0. The van der Waals surface area contributed by atoms with E-state index in [1.165, 1.54) is 6.33 Å².